The van der Waals surface area contributed by atoms with Gasteiger partial charge in [0.15, 0.2) is 6.61 Å². The smallest absolute Gasteiger partial charge is 0.338 e. The summed E-state index contributed by atoms with van der Waals surface area (Å²) < 4.78 is 4.89. The van der Waals surface area contributed by atoms with E-state index in [0.29, 0.717) is 5.69 Å². The summed E-state index contributed by atoms with van der Waals surface area (Å²) in [7, 11) is 0. The summed E-state index contributed by atoms with van der Waals surface area (Å²) in [4.78, 5) is 23.4. The lowest BCUT2D eigenvalue weighted by atomic mass is 10.2. The highest BCUT2D eigenvalue weighted by atomic mass is 16.5. The third-order valence-corrected chi connectivity index (χ3v) is 2.72. The average molecular weight is 285 g/mol. The van der Waals surface area contributed by atoms with Crippen LogP contribution in [-0.4, -0.2) is 23.6 Å². The minimum absolute atomic E-state index is 0.0336. The maximum absolute atomic E-state index is 11.7. The van der Waals surface area contributed by atoms with Crippen LogP contribution in [0.5, 0.6) is 5.75 Å². The maximum atomic E-state index is 11.7. The average Bonchev–Trinajstić information content (AvgIpc) is 2.45. The quantitative estimate of drug-likeness (QED) is 0.846. The number of carbonyl (C=O) groups excluding carboxylic acids is 2. The molecule has 0 bridgehead atoms. The van der Waals surface area contributed by atoms with Crippen molar-refractivity contribution in [3.05, 3.63) is 59.7 Å². The molecule has 0 aliphatic heterocycles. The number of phenolic OH excluding ortho intramolecular Hbond substituents is 1. The Hall–Kier alpha value is -2.82. The molecule has 1 amide bonds. The Morgan fingerprint density at radius 3 is 2.62 bits per heavy atom. The zero-order valence-corrected chi connectivity index (χ0v) is 11.5. The summed E-state index contributed by atoms with van der Waals surface area (Å²) in [5.74, 6) is -1.12. The highest BCUT2D eigenvalue weighted by Gasteiger charge is 2.10. The first-order valence-corrected chi connectivity index (χ1v) is 6.37. The van der Waals surface area contributed by atoms with Gasteiger partial charge in [-0.3, -0.25) is 4.79 Å². The van der Waals surface area contributed by atoms with Crippen molar-refractivity contribution in [2.24, 2.45) is 0 Å². The summed E-state index contributed by atoms with van der Waals surface area (Å²) in [5.41, 5.74) is 1.86. The highest BCUT2D eigenvalue weighted by Crippen LogP contribution is 2.12. The summed E-state index contributed by atoms with van der Waals surface area (Å²) >= 11 is 0. The van der Waals surface area contributed by atoms with Crippen LogP contribution in [0.25, 0.3) is 0 Å². The lowest BCUT2D eigenvalue weighted by Crippen LogP contribution is -2.20. The van der Waals surface area contributed by atoms with Gasteiger partial charge in [0.25, 0.3) is 5.91 Å². The molecule has 2 N–H and O–H groups in total. The minimum atomic E-state index is -0.662. The Balaban J connectivity index is 1.88. The molecule has 5 nitrogen and oxygen atoms in total. The predicted molar refractivity (Wildman–Crippen MR) is 78.2 cm³/mol. The number of hydrogen-bond donors (Lipinski definition) is 2. The van der Waals surface area contributed by atoms with Crippen LogP contribution in [0, 0.1) is 6.92 Å². The monoisotopic (exact) mass is 285 g/mol. The van der Waals surface area contributed by atoms with E-state index >= 15 is 0 Å². The Morgan fingerprint density at radius 2 is 1.90 bits per heavy atom. The van der Waals surface area contributed by atoms with Crippen molar-refractivity contribution in [2.75, 3.05) is 11.9 Å². The van der Waals surface area contributed by atoms with Crippen LogP contribution in [0.4, 0.5) is 5.69 Å². The SMILES string of the molecule is Cc1cccc(NC(=O)COC(=O)c2cccc(O)c2)c1. The van der Waals surface area contributed by atoms with Gasteiger partial charge >= 0.3 is 5.97 Å². The van der Waals surface area contributed by atoms with E-state index in [9.17, 15) is 14.7 Å². The Bertz CT molecular complexity index is 667. The standard InChI is InChI=1S/C16H15NO4/c1-11-4-2-6-13(8-11)17-15(19)10-21-16(20)12-5-3-7-14(18)9-12/h2-9,18H,10H2,1H3,(H,17,19). The number of nitrogens with one attached hydrogen (secondary N) is 1. The van der Waals surface area contributed by atoms with Crippen molar-refractivity contribution >= 4 is 17.6 Å². The molecule has 0 radical (unpaired) electrons. The summed E-state index contributed by atoms with van der Waals surface area (Å²) in [6.07, 6.45) is 0. The van der Waals surface area contributed by atoms with E-state index < -0.39 is 11.9 Å². The van der Waals surface area contributed by atoms with Crippen LogP contribution in [-0.2, 0) is 9.53 Å². The van der Waals surface area contributed by atoms with Gasteiger partial charge in [-0.1, -0.05) is 18.2 Å². The van der Waals surface area contributed by atoms with Crippen LogP contribution < -0.4 is 5.32 Å². The van der Waals surface area contributed by atoms with Gasteiger partial charge in [0, 0.05) is 5.69 Å². The fourth-order valence-electron chi connectivity index (χ4n) is 1.77. The first-order valence-electron chi connectivity index (χ1n) is 6.37. The van der Waals surface area contributed by atoms with Crippen molar-refractivity contribution in [2.45, 2.75) is 6.92 Å². The van der Waals surface area contributed by atoms with Crippen molar-refractivity contribution in [3.8, 4) is 5.75 Å². The summed E-state index contributed by atoms with van der Waals surface area (Å²) in [6.45, 7) is 1.53. The molecule has 0 saturated heterocycles. The second-order valence-corrected chi connectivity index (χ2v) is 4.54. The van der Waals surface area contributed by atoms with Gasteiger partial charge in [-0.25, -0.2) is 4.79 Å². The van der Waals surface area contributed by atoms with Crippen molar-refractivity contribution < 1.29 is 19.4 Å². The molecule has 2 aromatic rings. The third kappa shape index (κ3) is 4.35. The van der Waals surface area contributed by atoms with E-state index in [2.05, 4.69) is 5.32 Å². The van der Waals surface area contributed by atoms with Gasteiger partial charge in [0.2, 0.25) is 0 Å². The fourth-order valence-corrected chi connectivity index (χ4v) is 1.77. The molecule has 0 spiro atoms. The number of amides is 1. The van der Waals surface area contributed by atoms with E-state index in [1.54, 1.807) is 6.07 Å². The van der Waals surface area contributed by atoms with Crippen molar-refractivity contribution in [1.82, 2.24) is 0 Å². The van der Waals surface area contributed by atoms with E-state index in [4.69, 9.17) is 4.74 Å². The number of anilines is 1. The van der Waals surface area contributed by atoms with E-state index in [0.717, 1.165) is 5.56 Å². The number of hydrogen-bond acceptors (Lipinski definition) is 4. The number of carbonyl (C=O) groups is 2. The number of aromatic hydroxyl groups is 1. The van der Waals surface area contributed by atoms with Crippen molar-refractivity contribution in [3.63, 3.8) is 0 Å². The van der Waals surface area contributed by atoms with Crippen LogP contribution >= 0.6 is 0 Å². The molecule has 0 aromatic heterocycles. The lowest BCUT2D eigenvalue weighted by Gasteiger charge is -2.07. The molecule has 21 heavy (non-hydrogen) atoms. The molecule has 108 valence electrons. The summed E-state index contributed by atoms with van der Waals surface area (Å²) in [5, 5.41) is 11.9. The molecule has 2 rings (SSSR count). The van der Waals surface area contributed by atoms with Crippen LogP contribution in [0.2, 0.25) is 0 Å². The molecule has 0 heterocycles. The first-order chi connectivity index (χ1) is 10.0. The minimum Gasteiger partial charge on any atom is -0.508 e. The zero-order chi connectivity index (χ0) is 15.2. The molecular weight excluding hydrogens is 270 g/mol. The molecule has 0 fully saturated rings. The number of esters is 1. The molecule has 0 aliphatic rings. The number of aryl methyl sites for hydroxylation is 1. The van der Waals surface area contributed by atoms with E-state index in [1.165, 1.54) is 24.3 Å². The fraction of sp³-hybridized carbons (Fsp3) is 0.125. The molecule has 0 saturated carbocycles. The van der Waals surface area contributed by atoms with Gasteiger partial charge in [0.1, 0.15) is 5.75 Å². The van der Waals surface area contributed by atoms with Gasteiger partial charge < -0.3 is 15.2 Å². The second kappa shape index (κ2) is 6.56. The van der Waals surface area contributed by atoms with Crippen LogP contribution in [0.1, 0.15) is 15.9 Å². The third-order valence-electron chi connectivity index (χ3n) is 2.72. The van der Waals surface area contributed by atoms with Crippen molar-refractivity contribution in [1.29, 1.82) is 0 Å². The molecule has 0 unspecified atom stereocenters. The Morgan fingerprint density at radius 1 is 1.14 bits per heavy atom. The van der Waals surface area contributed by atoms with Gasteiger partial charge in [-0.05, 0) is 42.8 Å². The van der Waals surface area contributed by atoms with Crippen LogP contribution in [0.15, 0.2) is 48.5 Å². The molecule has 0 aliphatic carbocycles. The van der Waals surface area contributed by atoms with Crippen LogP contribution in [0.3, 0.4) is 0 Å². The zero-order valence-electron chi connectivity index (χ0n) is 11.5. The predicted octanol–water partition coefficient (Wildman–Crippen LogP) is 2.50. The first kappa shape index (κ1) is 14.6. The van der Waals surface area contributed by atoms with E-state index in [1.807, 2.05) is 25.1 Å². The number of ether oxygens (including phenoxy) is 1. The number of rotatable bonds is 4. The maximum Gasteiger partial charge on any atom is 0.338 e. The second-order valence-electron chi connectivity index (χ2n) is 4.54. The normalized spacial score (nSPS) is 9.95. The van der Waals surface area contributed by atoms with Gasteiger partial charge in [-0.15, -0.1) is 0 Å². The summed E-state index contributed by atoms with van der Waals surface area (Å²) in [6, 6.07) is 13.1. The number of benzene rings is 2. The Kier molecular flexibility index (Phi) is 4.56. The highest BCUT2D eigenvalue weighted by molar-refractivity contribution is 5.95. The van der Waals surface area contributed by atoms with E-state index in [-0.39, 0.29) is 17.9 Å². The van der Waals surface area contributed by atoms with Gasteiger partial charge in [-0.2, -0.15) is 0 Å². The topological polar surface area (TPSA) is 75.6 Å². The molecule has 0 atom stereocenters. The largest absolute Gasteiger partial charge is 0.508 e. The number of phenols is 1. The van der Waals surface area contributed by atoms with Gasteiger partial charge in [0.05, 0.1) is 5.56 Å². The lowest BCUT2D eigenvalue weighted by molar-refractivity contribution is -0.119. The molecule has 5 heteroatoms. The Labute approximate surface area is 122 Å². The molecular formula is C16H15NO4. The molecule has 2 aromatic carbocycles.